The molecule has 2 aliphatic rings. The monoisotopic (exact) mass is 415 g/mol. The zero-order chi connectivity index (χ0) is 21.5. The fourth-order valence-corrected chi connectivity index (χ4v) is 3.96. The van der Waals surface area contributed by atoms with Crippen molar-refractivity contribution in [3.63, 3.8) is 0 Å². The van der Waals surface area contributed by atoms with E-state index in [2.05, 4.69) is 11.2 Å². The molecule has 4 rings (SSSR count). The van der Waals surface area contributed by atoms with Gasteiger partial charge in [0.25, 0.3) is 0 Å². The Balaban J connectivity index is 1.57. The van der Waals surface area contributed by atoms with Crippen LogP contribution in [0, 0.1) is 5.82 Å². The second-order valence-corrected chi connectivity index (χ2v) is 7.80. The lowest BCUT2D eigenvalue weighted by Gasteiger charge is -2.38. The summed E-state index contributed by atoms with van der Waals surface area (Å²) >= 11 is 0. The van der Waals surface area contributed by atoms with Gasteiger partial charge < -0.3 is 4.90 Å². The van der Waals surface area contributed by atoms with Crippen molar-refractivity contribution in [1.29, 1.82) is 0 Å². The minimum absolute atomic E-state index is 0.184. The average Bonchev–Trinajstić information content (AvgIpc) is 3.04. The maximum atomic E-state index is 13.2. The fourth-order valence-electron chi connectivity index (χ4n) is 3.96. The van der Waals surface area contributed by atoms with Crippen LogP contribution in [0.3, 0.4) is 0 Å². The molecule has 30 heavy (non-hydrogen) atoms. The Labute approximate surface area is 172 Å². The molecule has 0 aliphatic carbocycles. The van der Waals surface area contributed by atoms with Gasteiger partial charge >= 0.3 is 6.18 Å². The Hall–Kier alpha value is -3.09. The van der Waals surface area contributed by atoms with E-state index in [-0.39, 0.29) is 11.7 Å². The molecule has 0 N–H and O–H groups in total. The normalized spacial score (nSPS) is 22.8. The molecule has 7 heteroatoms. The van der Waals surface area contributed by atoms with E-state index in [0.717, 1.165) is 29.0 Å². The van der Waals surface area contributed by atoms with Crippen LogP contribution in [0.2, 0.25) is 0 Å². The number of rotatable bonds is 4. The van der Waals surface area contributed by atoms with Crippen LogP contribution in [-0.2, 0) is 6.18 Å². The first-order chi connectivity index (χ1) is 14.2. The number of alkyl halides is 3. The third-order valence-electron chi connectivity index (χ3n) is 5.66. The highest BCUT2D eigenvalue weighted by Gasteiger charge is 2.43. The third-order valence-corrected chi connectivity index (χ3v) is 5.66. The van der Waals surface area contributed by atoms with Gasteiger partial charge in [0.1, 0.15) is 5.82 Å². The van der Waals surface area contributed by atoms with Crippen molar-refractivity contribution in [2.45, 2.75) is 24.6 Å². The second kappa shape index (κ2) is 7.31. The number of likely N-dealkylation sites (N-methyl/N-ethyl adjacent to an activating group) is 1. The number of hydrogen-bond acceptors (Lipinski definition) is 3. The molecule has 0 radical (unpaired) electrons. The minimum atomic E-state index is -4.36. The molecule has 156 valence electrons. The van der Waals surface area contributed by atoms with Crippen molar-refractivity contribution in [2.24, 2.45) is 5.10 Å². The van der Waals surface area contributed by atoms with Crippen LogP contribution < -0.4 is 4.90 Å². The molecule has 0 aromatic heterocycles. The van der Waals surface area contributed by atoms with E-state index in [1.54, 1.807) is 18.3 Å². The van der Waals surface area contributed by atoms with Crippen LogP contribution in [0.5, 0.6) is 0 Å². The maximum Gasteiger partial charge on any atom is 0.416 e. The number of halogens is 4. The van der Waals surface area contributed by atoms with Crippen molar-refractivity contribution in [2.75, 3.05) is 18.5 Å². The fraction of sp³-hybridized carbons (Fsp3) is 0.261. The van der Waals surface area contributed by atoms with Gasteiger partial charge in [0.15, 0.2) is 0 Å². The first-order valence-electron chi connectivity index (χ1n) is 9.54. The molecular weight excluding hydrogens is 394 g/mol. The summed E-state index contributed by atoms with van der Waals surface area (Å²) in [5.74, 6) is -0.467. The van der Waals surface area contributed by atoms with Gasteiger partial charge in [-0.1, -0.05) is 18.2 Å². The van der Waals surface area contributed by atoms with E-state index >= 15 is 0 Å². The Morgan fingerprint density at radius 2 is 1.73 bits per heavy atom. The Bertz CT molecular complexity index is 1010. The summed E-state index contributed by atoms with van der Waals surface area (Å²) in [5.41, 5.74) is 1.52. The lowest BCUT2D eigenvalue weighted by Crippen LogP contribution is -2.42. The Kier molecular flexibility index (Phi) is 4.92. The van der Waals surface area contributed by atoms with Crippen molar-refractivity contribution in [3.8, 4) is 0 Å². The Morgan fingerprint density at radius 3 is 2.37 bits per heavy atom. The zero-order valence-electron chi connectivity index (χ0n) is 16.6. The SMILES string of the molecule is CN(CC1=CC2(C)C(c3ccc(C(F)(F)F)cc3)C=NN2C=C1)c1ccc(F)cc1. The molecule has 2 unspecified atom stereocenters. The predicted octanol–water partition coefficient (Wildman–Crippen LogP) is 5.58. The van der Waals surface area contributed by atoms with E-state index < -0.39 is 17.3 Å². The van der Waals surface area contributed by atoms with Crippen LogP contribution in [0.4, 0.5) is 23.2 Å². The van der Waals surface area contributed by atoms with E-state index in [9.17, 15) is 17.6 Å². The van der Waals surface area contributed by atoms with E-state index in [1.807, 2.05) is 36.2 Å². The number of anilines is 1. The van der Waals surface area contributed by atoms with Gasteiger partial charge in [0.05, 0.1) is 11.1 Å². The molecule has 0 fully saturated rings. The summed E-state index contributed by atoms with van der Waals surface area (Å²) in [4.78, 5) is 2.01. The van der Waals surface area contributed by atoms with Crippen LogP contribution in [0.15, 0.2) is 77.6 Å². The summed E-state index contributed by atoms with van der Waals surface area (Å²) in [6.45, 7) is 2.62. The summed E-state index contributed by atoms with van der Waals surface area (Å²) in [6, 6.07) is 11.5. The van der Waals surface area contributed by atoms with Gasteiger partial charge in [-0.3, -0.25) is 5.01 Å². The number of nitrogens with zero attached hydrogens (tertiary/aromatic N) is 3. The second-order valence-electron chi connectivity index (χ2n) is 7.80. The van der Waals surface area contributed by atoms with Gasteiger partial charge in [-0.15, -0.1) is 0 Å². The van der Waals surface area contributed by atoms with E-state index in [0.29, 0.717) is 6.54 Å². The summed E-state index contributed by atoms with van der Waals surface area (Å²) < 4.78 is 51.9. The molecule has 2 heterocycles. The van der Waals surface area contributed by atoms with Crippen molar-refractivity contribution >= 4 is 11.9 Å². The molecule has 0 bridgehead atoms. The number of hydrazone groups is 1. The third kappa shape index (κ3) is 3.72. The summed E-state index contributed by atoms with van der Waals surface area (Å²) in [6.07, 6.45) is 3.37. The molecule has 0 saturated heterocycles. The quantitative estimate of drug-likeness (QED) is 0.608. The van der Waals surface area contributed by atoms with Crippen LogP contribution in [0.25, 0.3) is 0 Å². The van der Waals surface area contributed by atoms with Crippen molar-refractivity contribution in [3.05, 3.63) is 89.4 Å². The van der Waals surface area contributed by atoms with Crippen LogP contribution in [-0.4, -0.2) is 30.4 Å². The number of fused-ring (bicyclic) bond motifs is 1. The van der Waals surface area contributed by atoms with Gasteiger partial charge in [0, 0.05) is 37.6 Å². The highest BCUT2D eigenvalue weighted by Crippen LogP contribution is 2.42. The molecule has 2 aromatic carbocycles. The highest BCUT2D eigenvalue weighted by molar-refractivity contribution is 5.74. The van der Waals surface area contributed by atoms with Crippen molar-refractivity contribution < 1.29 is 17.6 Å². The molecule has 0 saturated carbocycles. The van der Waals surface area contributed by atoms with Crippen molar-refractivity contribution in [1.82, 2.24) is 5.01 Å². The average molecular weight is 415 g/mol. The first-order valence-corrected chi connectivity index (χ1v) is 9.54. The van der Waals surface area contributed by atoms with E-state index in [4.69, 9.17) is 0 Å². The van der Waals surface area contributed by atoms with Gasteiger partial charge in [-0.2, -0.15) is 18.3 Å². The van der Waals surface area contributed by atoms with Gasteiger partial charge in [-0.25, -0.2) is 4.39 Å². The summed E-state index contributed by atoms with van der Waals surface area (Å²) in [7, 11) is 1.93. The zero-order valence-corrected chi connectivity index (χ0v) is 16.6. The van der Waals surface area contributed by atoms with E-state index in [1.165, 1.54) is 24.3 Å². The van der Waals surface area contributed by atoms with Crippen LogP contribution in [0.1, 0.15) is 24.0 Å². The summed E-state index contributed by atoms with van der Waals surface area (Å²) in [5, 5.41) is 6.27. The molecule has 2 aromatic rings. The minimum Gasteiger partial charge on any atom is -0.370 e. The maximum absolute atomic E-state index is 13.2. The lowest BCUT2D eigenvalue weighted by atomic mass is 9.79. The number of hydrogen-bond donors (Lipinski definition) is 0. The van der Waals surface area contributed by atoms with Gasteiger partial charge in [-0.05, 0) is 60.5 Å². The molecule has 2 atom stereocenters. The highest BCUT2D eigenvalue weighted by atomic mass is 19.4. The predicted molar refractivity (Wildman–Crippen MR) is 110 cm³/mol. The lowest BCUT2D eigenvalue weighted by molar-refractivity contribution is -0.137. The smallest absolute Gasteiger partial charge is 0.370 e. The molecule has 0 amide bonds. The van der Waals surface area contributed by atoms with Crippen LogP contribution >= 0.6 is 0 Å². The topological polar surface area (TPSA) is 18.8 Å². The molecule has 2 aliphatic heterocycles. The van der Waals surface area contributed by atoms with Gasteiger partial charge in [0.2, 0.25) is 0 Å². The largest absolute Gasteiger partial charge is 0.416 e. The molecule has 3 nitrogen and oxygen atoms in total. The Morgan fingerprint density at radius 1 is 1.07 bits per heavy atom. The molecule has 0 spiro atoms. The first kappa shape index (κ1) is 20.2. The standard InChI is InChI=1S/C23H21F4N3/c1-22-13-16(15-29(2)20-9-7-19(24)8-10-20)11-12-30(22)28-14-21(22)17-3-5-18(6-4-17)23(25,26)27/h3-14,21H,15H2,1-2H3. The molecular formula is C23H21F4N3. The number of benzene rings is 2.